The third-order valence-electron chi connectivity index (χ3n) is 2.16. The fraction of sp³-hybridized carbons (Fsp3) is 0.364. The summed E-state index contributed by atoms with van der Waals surface area (Å²) in [6, 6.07) is 4.94. The lowest BCUT2D eigenvalue weighted by atomic mass is 10.1. The standard InChI is InChI=1S/C11H15NO3S/c1-4-11(13)9-5-6-10(8(2)7-9)12-16(3,14)15/h5-7,12H,4H2,1-3H3. The molecular weight excluding hydrogens is 226 g/mol. The van der Waals surface area contributed by atoms with Crippen LogP contribution in [0.2, 0.25) is 0 Å². The molecule has 4 nitrogen and oxygen atoms in total. The van der Waals surface area contributed by atoms with E-state index in [2.05, 4.69) is 4.72 Å². The lowest BCUT2D eigenvalue weighted by molar-refractivity contribution is 0.0988. The highest BCUT2D eigenvalue weighted by molar-refractivity contribution is 7.92. The Morgan fingerprint density at radius 1 is 1.38 bits per heavy atom. The highest BCUT2D eigenvalue weighted by Gasteiger charge is 2.08. The summed E-state index contributed by atoms with van der Waals surface area (Å²) in [6.07, 6.45) is 1.54. The number of ketones is 1. The van der Waals surface area contributed by atoms with Gasteiger partial charge in [0.25, 0.3) is 0 Å². The molecule has 0 saturated carbocycles. The Kier molecular flexibility index (Phi) is 3.70. The van der Waals surface area contributed by atoms with Gasteiger partial charge in [0.1, 0.15) is 0 Å². The van der Waals surface area contributed by atoms with E-state index in [0.29, 0.717) is 17.7 Å². The Hall–Kier alpha value is -1.36. The Bertz CT molecular complexity index is 506. The van der Waals surface area contributed by atoms with E-state index in [-0.39, 0.29) is 5.78 Å². The fourth-order valence-corrected chi connectivity index (χ4v) is 1.98. The molecule has 16 heavy (non-hydrogen) atoms. The van der Waals surface area contributed by atoms with E-state index in [0.717, 1.165) is 11.8 Å². The summed E-state index contributed by atoms with van der Waals surface area (Å²) in [5.74, 6) is 0.0500. The summed E-state index contributed by atoms with van der Waals surface area (Å²) in [7, 11) is -3.27. The number of sulfonamides is 1. The summed E-state index contributed by atoms with van der Waals surface area (Å²) in [6.45, 7) is 3.56. The summed E-state index contributed by atoms with van der Waals surface area (Å²) in [5.41, 5.74) is 1.86. The van der Waals surface area contributed by atoms with E-state index >= 15 is 0 Å². The van der Waals surface area contributed by atoms with Gasteiger partial charge in [-0.2, -0.15) is 0 Å². The minimum atomic E-state index is -3.27. The topological polar surface area (TPSA) is 63.2 Å². The van der Waals surface area contributed by atoms with E-state index in [1.165, 1.54) is 0 Å². The average Bonchev–Trinajstić information content (AvgIpc) is 2.18. The number of benzene rings is 1. The van der Waals surface area contributed by atoms with Gasteiger partial charge in [0, 0.05) is 12.0 Å². The highest BCUT2D eigenvalue weighted by Crippen LogP contribution is 2.18. The van der Waals surface area contributed by atoms with E-state index < -0.39 is 10.0 Å². The normalized spacial score (nSPS) is 11.2. The Morgan fingerprint density at radius 2 is 2.00 bits per heavy atom. The molecule has 5 heteroatoms. The van der Waals surface area contributed by atoms with Crippen LogP contribution in [0.1, 0.15) is 29.3 Å². The number of hydrogen-bond acceptors (Lipinski definition) is 3. The second-order valence-corrected chi connectivity index (χ2v) is 5.43. The van der Waals surface area contributed by atoms with E-state index in [1.807, 2.05) is 0 Å². The van der Waals surface area contributed by atoms with Gasteiger partial charge in [-0.3, -0.25) is 9.52 Å². The fourth-order valence-electron chi connectivity index (χ4n) is 1.36. The van der Waals surface area contributed by atoms with Crippen LogP contribution in [0.3, 0.4) is 0 Å². The zero-order valence-corrected chi connectivity index (χ0v) is 10.4. The minimum Gasteiger partial charge on any atom is -0.294 e. The van der Waals surface area contributed by atoms with Crippen LogP contribution in [-0.2, 0) is 10.0 Å². The van der Waals surface area contributed by atoms with E-state index in [9.17, 15) is 13.2 Å². The molecular formula is C11H15NO3S. The van der Waals surface area contributed by atoms with Gasteiger partial charge in [0.15, 0.2) is 5.78 Å². The molecule has 1 aromatic rings. The lowest BCUT2D eigenvalue weighted by Crippen LogP contribution is -2.11. The first-order valence-corrected chi connectivity index (χ1v) is 6.84. The van der Waals surface area contributed by atoms with Gasteiger partial charge in [-0.1, -0.05) is 6.92 Å². The van der Waals surface area contributed by atoms with Gasteiger partial charge in [0.05, 0.1) is 11.9 Å². The van der Waals surface area contributed by atoms with Gasteiger partial charge in [-0.05, 0) is 30.7 Å². The second kappa shape index (κ2) is 4.65. The summed E-state index contributed by atoms with van der Waals surface area (Å²) >= 11 is 0. The predicted molar refractivity (Wildman–Crippen MR) is 64.3 cm³/mol. The molecule has 0 radical (unpaired) electrons. The Balaban J connectivity index is 3.05. The predicted octanol–water partition coefficient (Wildman–Crippen LogP) is 1.96. The number of carbonyl (C=O) groups excluding carboxylic acids is 1. The number of aryl methyl sites for hydroxylation is 1. The molecule has 0 amide bonds. The SMILES string of the molecule is CCC(=O)c1ccc(NS(C)(=O)=O)c(C)c1. The van der Waals surface area contributed by atoms with Crippen molar-refractivity contribution in [3.8, 4) is 0 Å². The molecule has 0 spiro atoms. The summed E-state index contributed by atoms with van der Waals surface area (Å²) in [5, 5.41) is 0. The minimum absolute atomic E-state index is 0.0500. The van der Waals surface area contributed by atoms with Gasteiger partial charge < -0.3 is 0 Å². The number of Topliss-reactive ketones (excluding diaryl/α,β-unsaturated/α-hetero) is 1. The third kappa shape index (κ3) is 3.34. The molecule has 0 aliphatic rings. The van der Waals surface area contributed by atoms with Crippen molar-refractivity contribution in [1.29, 1.82) is 0 Å². The number of hydrogen-bond donors (Lipinski definition) is 1. The molecule has 0 bridgehead atoms. The Morgan fingerprint density at radius 3 is 2.44 bits per heavy atom. The largest absolute Gasteiger partial charge is 0.294 e. The summed E-state index contributed by atoms with van der Waals surface area (Å²) < 4.78 is 24.5. The first-order valence-electron chi connectivity index (χ1n) is 4.95. The number of carbonyl (C=O) groups is 1. The van der Waals surface area contributed by atoms with Crippen molar-refractivity contribution in [3.05, 3.63) is 29.3 Å². The van der Waals surface area contributed by atoms with Crippen molar-refractivity contribution in [3.63, 3.8) is 0 Å². The lowest BCUT2D eigenvalue weighted by Gasteiger charge is -2.08. The molecule has 0 saturated heterocycles. The van der Waals surface area contributed by atoms with Crippen LogP contribution in [0.15, 0.2) is 18.2 Å². The van der Waals surface area contributed by atoms with Crippen molar-refractivity contribution in [1.82, 2.24) is 0 Å². The zero-order valence-electron chi connectivity index (χ0n) is 9.57. The van der Waals surface area contributed by atoms with Crippen molar-refractivity contribution in [2.24, 2.45) is 0 Å². The monoisotopic (exact) mass is 241 g/mol. The molecule has 0 unspecified atom stereocenters. The maximum Gasteiger partial charge on any atom is 0.229 e. The van der Waals surface area contributed by atoms with Gasteiger partial charge in [0.2, 0.25) is 10.0 Å². The maximum atomic E-state index is 11.4. The molecule has 0 atom stereocenters. The molecule has 0 aliphatic heterocycles. The van der Waals surface area contributed by atoms with Crippen molar-refractivity contribution >= 4 is 21.5 Å². The van der Waals surface area contributed by atoms with Crippen LogP contribution in [0.4, 0.5) is 5.69 Å². The maximum absolute atomic E-state index is 11.4. The van der Waals surface area contributed by atoms with E-state index in [4.69, 9.17) is 0 Å². The molecule has 1 N–H and O–H groups in total. The average molecular weight is 241 g/mol. The van der Waals surface area contributed by atoms with Gasteiger partial charge in [-0.15, -0.1) is 0 Å². The molecule has 1 rings (SSSR count). The first-order chi connectivity index (χ1) is 7.33. The number of nitrogens with one attached hydrogen (secondary N) is 1. The number of rotatable bonds is 4. The smallest absolute Gasteiger partial charge is 0.229 e. The molecule has 88 valence electrons. The van der Waals surface area contributed by atoms with Crippen LogP contribution in [-0.4, -0.2) is 20.5 Å². The van der Waals surface area contributed by atoms with Crippen LogP contribution >= 0.6 is 0 Å². The Labute approximate surface area is 95.7 Å². The van der Waals surface area contributed by atoms with Gasteiger partial charge >= 0.3 is 0 Å². The zero-order chi connectivity index (χ0) is 12.3. The van der Waals surface area contributed by atoms with E-state index in [1.54, 1.807) is 32.0 Å². The van der Waals surface area contributed by atoms with Crippen LogP contribution in [0, 0.1) is 6.92 Å². The quantitative estimate of drug-likeness (QED) is 0.819. The highest BCUT2D eigenvalue weighted by atomic mass is 32.2. The first kappa shape index (κ1) is 12.7. The van der Waals surface area contributed by atoms with Crippen LogP contribution < -0.4 is 4.72 Å². The summed E-state index contributed by atoms with van der Waals surface area (Å²) in [4.78, 5) is 11.4. The number of anilines is 1. The molecule has 0 aromatic heterocycles. The second-order valence-electron chi connectivity index (χ2n) is 3.68. The van der Waals surface area contributed by atoms with Crippen molar-refractivity contribution in [2.45, 2.75) is 20.3 Å². The van der Waals surface area contributed by atoms with Crippen molar-refractivity contribution in [2.75, 3.05) is 11.0 Å². The van der Waals surface area contributed by atoms with Crippen molar-refractivity contribution < 1.29 is 13.2 Å². The molecule has 0 fully saturated rings. The van der Waals surface area contributed by atoms with Crippen LogP contribution in [0.25, 0.3) is 0 Å². The molecule has 1 aromatic carbocycles. The van der Waals surface area contributed by atoms with Crippen LogP contribution in [0.5, 0.6) is 0 Å². The molecule has 0 aliphatic carbocycles. The van der Waals surface area contributed by atoms with Gasteiger partial charge in [-0.25, -0.2) is 8.42 Å². The third-order valence-corrected chi connectivity index (χ3v) is 2.76. The molecule has 0 heterocycles.